The molecule has 0 aliphatic carbocycles. The lowest BCUT2D eigenvalue weighted by molar-refractivity contribution is 0.0982. The van der Waals surface area contributed by atoms with E-state index in [9.17, 15) is 9.18 Å². The van der Waals surface area contributed by atoms with E-state index in [1.165, 1.54) is 12.1 Å². The molecule has 2 rings (SSSR count). The first kappa shape index (κ1) is 13.3. The zero-order valence-corrected chi connectivity index (χ0v) is 10.7. The second-order valence-corrected chi connectivity index (χ2v) is 4.28. The smallest absolute Gasteiger partial charge is 0.163 e. The van der Waals surface area contributed by atoms with Crippen LogP contribution in [0.5, 0.6) is 5.75 Å². The number of ether oxygens (including phenoxy) is 1. The number of carbonyl (C=O) groups is 1. The van der Waals surface area contributed by atoms with Crippen LogP contribution in [0.2, 0.25) is 0 Å². The summed E-state index contributed by atoms with van der Waals surface area (Å²) in [6.45, 7) is 0. The number of methoxy groups -OCH3 is 1. The van der Waals surface area contributed by atoms with Crippen LogP contribution in [0.1, 0.15) is 22.3 Å². The Hall–Kier alpha value is -2.16. The van der Waals surface area contributed by atoms with Gasteiger partial charge in [-0.05, 0) is 36.2 Å². The first-order chi connectivity index (χ1) is 9.19. The minimum atomic E-state index is -0.379. The van der Waals surface area contributed by atoms with Crippen LogP contribution in [-0.2, 0) is 6.42 Å². The summed E-state index contributed by atoms with van der Waals surface area (Å²) in [6.07, 6.45) is 1.01. The summed E-state index contributed by atoms with van der Waals surface area (Å²) in [7, 11) is 1.61. The molecule has 2 nitrogen and oxygen atoms in total. The van der Waals surface area contributed by atoms with Crippen LogP contribution in [0.4, 0.5) is 4.39 Å². The van der Waals surface area contributed by atoms with Crippen molar-refractivity contribution in [2.24, 2.45) is 0 Å². The molecule has 0 radical (unpaired) electrons. The van der Waals surface area contributed by atoms with Gasteiger partial charge < -0.3 is 4.74 Å². The Labute approximate surface area is 111 Å². The molecule has 2 aromatic rings. The van der Waals surface area contributed by atoms with E-state index in [-0.39, 0.29) is 11.6 Å². The van der Waals surface area contributed by atoms with Crippen LogP contribution in [-0.4, -0.2) is 12.9 Å². The molecule has 0 heterocycles. The highest BCUT2D eigenvalue weighted by Crippen LogP contribution is 2.14. The van der Waals surface area contributed by atoms with E-state index in [1.54, 1.807) is 19.2 Å². The van der Waals surface area contributed by atoms with Crippen LogP contribution in [0.3, 0.4) is 0 Å². The quantitative estimate of drug-likeness (QED) is 0.765. The molecule has 0 atom stereocenters. The zero-order valence-electron chi connectivity index (χ0n) is 10.7. The highest BCUT2D eigenvalue weighted by atomic mass is 19.1. The molecule has 19 heavy (non-hydrogen) atoms. The van der Waals surface area contributed by atoms with Gasteiger partial charge in [0.15, 0.2) is 5.78 Å². The van der Waals surface area contributed by atoms with Crippen molar-refractivity contribution in [1.82, 2.24) is 0 Å². The molecule has 0 bridgehead atoms. The van der Waals surface area contributed by atoms with Crippen LogP contribution in [0.25, 0.3) is 0 Å². The highest BCUT2D eigenvalue weighted by Gasteiger charge is 2.07. The molecule has 0 aromatic heterocycles. The molecule has 0 spiro atoms. The summed E-state index contributed by atoms with van der Waals surface area (Å²) in [6, 6.07) is 13.4. The van der Waals surface area contributed by atoms with Gasteiger partial charge >= 0.3 is 0 Å². The Kier molecular flexibility index (Phi) is 4.29. The van der Waals surface area contributed by atoms with E-state index in [1.807, 2.05) is 24.3 Å². The molecule has 3 heteroatoms. The summed E-state index contributed by atoms with van der Waals surface area (Å²) in [5.74, 6) is 0.367. The van der Waals surface area contributed by atoms with Crippen molar-refractivity contribution in [3.8, 4) is 5.75 Å². The lowest BCUT2D eigenvalue weighted by Gasteiger charge is -2.04. The monoisotopic (exact) mass is 258 g/mol. The number of benzene rings is 2. The predicted octanol–water partition coefficient (Wildman–Crippen LogP) is 3.65. The topological polar surface area (TPSA) is 26.3 Å². The van der Waals surface area contributed by atoms with Gasteiger partial charge in [-0.25, -0.2) is 4.39 Å². The SMILES string of the molecule is COc1ccc(CCC(=O)c2cccc(F)c2)cc1. The van der Waals surface area contributed by atoms with Crippen molar-refractivity contribution in [1.29, 1.82) is 0 Å². The van der Waals surface area contributed by atoms with Gasteiger partial charge in [-0.2, -0.15) is 0 Å². The van der Waals surface area contributed by atoms with E-state index in [0.717, 1.165) is 11.3 Å². The Morgan fingerprint density at radius 2 is 1.89 bits per heavy atom. The summed E-state index contributed by atoms with van der Waals surface area (Å²) >= 11 is 0. The Morgan fingerprint density at radius 1 is 1.16 bits per heavy atom. The van der Waals surface area contributed by atoms with Crippen LogP contribution in [0, 0.1) is 5.82 Å². The fraction of sp³-hybridized carbons (Fsp3) is 0.188. The van der Waals surface area contributed by atoms with Gasteiger partial charge in [-0.1, -0.05) is 24.3 Å². The molecule has 0 aliphatic rings. The van der Waals surface area contributed by atoms with E-state index < -0.39 is 0 Å². The van der Waals surface area contributed by atoms with Crippen LogP contribution < -0.4 is 4.74 Å². The molecular formula is C16H15FO2. The Balaban J connectivity index is 1.96. The van der Waals surface area contributed by atoms with Crippen molar-refractivity contribution >= 4 is 5.78 Å². The molecule has 0 fully saturated rings. The lowest BCUT2D eigenvalue weighted by atomic mass is 10.0. The number of halogens is 1. The lowest BCUT2D eigenvalue weighted by Crippen LogP contribution is -2.01. The zero-order chi connectivity index (χ0) is 13.7. The Morgan fingerprint density at radius 3 is 2.53 bits per heavy atom. The number of aryl methyl sites for hydroxylation is 1. The van der Waals surface area contributed by atoms with Crippen LogP contribution in [0.15, 0.2) is 48.5 Å². The number of rotatable bonds is 5. The van der Waals surface area contributed by atoms with Crippen molar-refractivity contribution < 1.29 is 13.9 Å². The fourth-order valence-electron chi connectivity index (χ4n) is 1.86. The van der Waals surface area contributed by atoms with Gasteiger partial charge in [0, 0.05) is 12.0 Å². The van der Waals surface area contributed by atoms with E-state index >= 15 is 0 Å². The first-order valence-corrected chi connectivity index (χ1v) is 6.11. The molecule has 0 aliphatic heterocycles. The summed E-state index contributed by atoms with van der Waals surface area (Å²) in [5, 5.41) is 0. The average Bonchev–Trinajstić information content (AvgIpc) is 2.45. The number of hydrogen-bond acceptors (Lipinski definition) is 2. The summed E-state index contributed by atoms with van der Waals surface area (Å²) < 4.78 is 18.1. The maximum absolute atomic E-state index is 13.0. The minimum Gasteiger partial charge on any atom is -0.497 e. The van der Waals surface area contributed by atoms with Gasteiger partial charge in [0.2, 0.25) is 0 Å². The normalized spacial score (nSPS) is 10.2. The number of ketones is 1. The predicted molar refractivity (Wildman–Crippen MR) is 72.0 cm³/mol. The Bertz CT molecular complexity index is 561. The summed E-state index contributed by atoms with van der Waals surface area (Å²) in [5.41, 5.74) is 1.49. The van der Waals surface area contributed by atoms with Crippen molar-refractivity contribution in [2.75, 3.05) is 7.11 Å². The third kappa shape index (κ3) is 3.65. The molecule has 0 amide bonds. The van der Waals surface area contributed by atoms with Gasteiger partial charge in [-0.3, -0.25) is 4.79 Å². The maximum atomic E-state index is 13.0. The number of Topliss-reactive ketones (excluding diaryl/α,β-unsaturated/α-hetero) is 1. The second-order valence-electron chi connectivity index (χ2n) is 4.28. The van der Waals surface area contributed by atoms with Crippen molar-refractivity contribution in [3.05, 3.63) is 65.5 Å². The van der Waals surface area contributed by atoms with Gasteiger partial charge in [0.1, 0.15) is 11.6 Å². The second kappa shape index (κ2) is 6.14. The summed E-state index contributed by atoms with van der Waals surface area (Å²) in [4.78, 5) is 11.9. The molecule has 2 aromatic carbocycles. The fourth-order valence-corrected chi connectivity index (χ4v) is 1.86. The van der Waals surface area contributed by atoms with Crippen LogP contribution >= 0.6 is 0 Å². The third-order valence-electron chi connectivity index (χ3n) is 2.95. The third-order valence-corrected chi connectivity index (χ3v) is 2.95. The van der Waals surface area contributed by atoms with Gasteiger partial charge in [0.05, 0.1) is 7.11 Å². The molecule has 0 saturated carbocycles. The average molecular weight is 258 g/mol. The molecule has 98 valence electrons. The first-order valence-electron chi connectivity index (χ1n) is 6.11. The molecule has 0 unspecified atom stereocenters. The standard InChI is InChI=1S/C16H15FO2/c1-19-15-8-5-12(6-9-15)7-10-16(18)13-3-2-4-14(17)11-13/h2-6,8-9,11H,7,10H2,1H3. The number of carbonyl (C=O) groups excluding carboxylic acids is 1. The number of hydrogen-bond donors (Lipinski definition) is 0. The van der Waals surface area contributed by atoms with E-state index in [2.05, 4.69) is 0 Å². The molecular weight excluding hydrogens is 243 g/mol. The molecule has 0 N–H and O–H groups in total. The van der Waals surface area contributed by atoms with Crippen molar-refractivity contribution in [3.63, 3.8) is 0 Å². The van der Waals surface area contributed by atoms with E-state index in [0.29, 0.717) is 18.4 Å². The van der Waals surface area contributed by atoms with Gasteiger partial charge in [-0.15, -0.1) is 0 Å². The van der Waals surface area contributed by atoms with Gasteiger partial charge in [0.25, 0.3) is 0 Å². The van der Waals surface area contributed by atoms with Crippen molar-refractivity contribution in [2.45, 2.75) is 12.8 Å². The van der Waals surface area contributed by atoms with E-state index in [4.69, 9.17) is 4.74 Å². The highest BCUT2D eigenvalue weighted by molar-refractivity contribution is 5.96. The largest absolute Gasteiger partial charge is 0.497 e. The minimum absolute atomic E-state index is 0.0460. The maximum Gasteiger partial charge on any atom is 0.163 e. The molecule has 0 saturated heterocycles.